The largest absolute Gasteiger partial charge is 0.386 e. The summed E-state index contributed by atoms with van der Waals surface area (Å²) in [5.41, 5.74) is 3.21. The van der Waals surface area contributed by atoms with Crippen LogP contribution in [-0.4, -0.2) is 14.9 Å². The van der Waals surface area contributed by atoms with Crippen LogP contribution in [0.4, 0.5) is 0 Å². The number of benzene rings is 1. The summed E-state index contributed by atoms with van der Waals surface area (Å²) in [6, 6.07) is 10.0. The molecule has 0 spiro atoms. The van der Waals surface area contributed by atoms with Gasteiger partial charge in [-0.15, -0.1) is 0 Å². The van der Waals surface area contributed by atoms with Gasteiger partial charge in [0.25, 0.3) is 0 Å². The molecule has 0 aliphatic heterocycles. The highest BCUT2D eigenvalue weighted by Crippen LogP contribution is 2.17. The maximum Gasteiger partial charge on any atom is 0.0996 e. The van der Waals surface area contributed by atoms with E-state index in [4.69, 9.17) is 0 Å². The molecule has 1 N–H and O–H groups in total. The molecule has 16 heavy (non-hydrogen) atoms. The SMILES string of the molecule is Cc1cccc(CC(O)c2ccnn2C)c1. The van der Waals surface area contributed by atoms with Crippen molar-refractivity contribution in [1.29, 1.82) is 0 Å². The maximum atomic E-state index is 10.1. The van der Waals surface area contributed by atoms with Gasteiger partial charge in [-0.3, -0.25) is 4.68 Å². The van der Waals surface area contributed by atoms with Gasteiger partial charge in [0, 0.05) is 19.7 Å². The second-order valence-electron chi connectivity index (χ2n) is 4.09. The molecule has 3 heteroatoms. The van der Waals surface area contributed by atoms with Crippen molar-refractivity contribution < 1.29 is 5.11 Å². The lowest BCUT2D eigenvalue weighted by Crippen LogP contribution is -2.07. The van der Waals surface area contributed by atoms with Crippen molar-refractivity contribution in [3.63, 3.8) is 0 Å². The van der Waals surface area contributed by atoms with E-state index < -0.39 is 6.10 Å². The lowest BCUT2D eigenvalue weighted by molar-refractivity contribution is 0.168. The molecule has 84 valence electrons. The van der Waals surface area contributed by atoms with Gasteiger partial charge in [-0.1, -0.05) is 29.8 Å². The average molecular weight is 216 g/mol. The Morgan fingerprint density at radius 3 is 2.81 bits per heavy atom. The zero-order valence-electron chi connectivity index (χ0n) is 9.59. The van der Waals surface area contributed by atoms with Crippen LogP contribution in [0.5, 0.6) is 0 Å². The van der Waals surface area contributed by atoms with Gasteiger partial charge in [-0.2, -0.15) is 5.10 Å². The number of aliphatic hydroxyl groups excluding tert-OH is 1. The molecule has 2 aromatic rings. The van der Waals surface area contributed by atoms with Crippen LogP contribution in [-0.2, 0) is 13.5 Å². The predicted molar refractivity (Wildman–Crippen MR) is 63.1 cm³/mol. The van der Waals surface area contributed by atoms with Gasteiger partial charge < -0.3 is 5.11 Å². The van der Waals surface area contributed by atoms with Crippen molar-refractivity contribution in [3.05, 3.63) is 53.3 Å². The Morgan fingerprint density at radius 1 is 1.38 bits per heavy atom. The third-order valence-electron chi connectivity index (χ3n) is 2.71. The summed E-state index contributed by atoms with van der Waals surface area (Å²) in [6.45, 7) is 2.06. The van der Waals surface area contributed by atoms with Crippen LogP contribution in [0.15, 0.2) is 36.5 Å². The molecule has 3 nitrogen and oxygen atoms in total. The van der Waals surface area contributed by atoms with Crippen molar-refractivity contribution in [3.8, 4) is 0 Å². The third kappa shape index (κ3) is 2.31. The molecule has 0 aliphatic rings. The van der Waals surface area contributed by atoms with Gasteiger partial charge in [0.1, 0.15) is 0 Å². The van der Waals surface area contributed by atoms with Gasteiger partial charge in [0.15, 0.2) is 0 Å². The molecule has 0 bridgehead atoms. The topological polar surface area (TPSA) is 38.1 Å². The average Bonchev–Trinajstić information content (AvgIpc) is 2.64. The van der Waals surface area contributed by atoms with Crippen LogP contribution in [0.1, 0.15) is 22.9 Å². The number of aliphatic hydroxyl groups is 1. The molecule has 0 amide bonds. The first kappa shape index (κ1) is 10.9. The molecule has 1 unspecified atom stereocenters. The van der Waals surface area contributed by atoms with E-state index in [1.165, 1.54) is 5.56 Å². The Hall–Kier alpha value is -1.61. The van der Waals surface area contributed by atoms with E-state index in [2.05, 4.69) is 24.2 Å². The van der Waals surface area contributed by atoms with Crippen LogP contribution in [0.25, 0.3) is 0 Å². The summed E-state index contributed by atoms with van der Waals surface area (Å²) in [7, 11) is 1.84. The number of hydrogen-bond acceptors (Lipinski definition) is 2. The van der Waals surface area contributed by atoms with Crippen molar-refractivity contribution in [2.24, 2.45) is 7.05 Å². The van der Waals surface area contributed by atoms with Gasteiger partial charge in [-0.05, 0) is 18.6 Å². The van der Waals surface area contributed by atoms with E-state index in [9.17, 15) is 5.11 Å². The fourth-order valence-corrected chi connectivity index (χ4v) is 1.88. The Morgan fingerprint density at radius 2 is 2.19 bits per heavy atom. The van der Waals surface area contributed by atoms with Crippen LogP contribution >= 0.6 is 0 Å². The summed E-state index contributed by atoms with van der Waals surface area (Å²) in [4.78, 5) is 0. The van der Waals surface area contributed by atoms with Crippen LogP contribution in [0, 0.1) is 6.92 Å². The first-order chi connectivity index (χ1) is 7.66. The van der Waals surface area contributed by atoms with E-state index in [1.807, 2.05) is 25.2 Å². The number of aromatic nitrogens is 2. The second-order valence-corrected chi connectivity index (χ2v) is 4.09. The summed E-state index contributed by atoms with van der Waals surface area (Å²) in [5, 5.41) is 14.1. The van der Waals surface area contributed by atoms with Gasteiger partial charge >= 0.3 is 0 Å². The number of hydrogen-bond donors (Lipinski definition) is 1. The summed E-state index contributed by atoms with van der Waals surface area (Å²) in [5.74, 6) is 0. The molecule has 0 saturated carbocycles. The molecule has 0 aliphatic carbocycles. The predicted octanol–water partition coefficient (Wildman–Crippen LogP) is 2.00. The molecule has 0 saturated heterocycles. The minimum atomic E-state index is -0.491. The van der Waals surface area contributed by atoms with Crippen LogP contribution < -0.4 is 0 Å². The highest BCUT2D eigenvalue weighted by molar-refractivity contribution is 5.23. The van der Waals surface area contributed by atoms with Gasteiger partial charge in [0.2, 0.25) is 0 Å². The van der Waals surface area contributed by atoms with Crippen LogP contribution in [0.2, 0.25) is 0 Å². The van der Waals surface area contributed by atoms with E-state index >= 15 is 0 Å². The molecule has 1 atom stereocenters. The summed E-state index contributed by atoms with van der Waals surface area (Å²) >= 11 is 0. The van der Waals surface area contributed by atoms with Crippen molar-refractivity contribution >= 4 is 0 Å². The number of nitrogens with zero attached hydrogens (tertiary/aromatic N) is 2. The summed E-state index contributed by atoms with van der Waals surface area (Å²) in [6.07, 6.45) is 1.84. The van der Waals surface area contributed by atoms with Crippen molar-refractivity contribution in [2.75, 3.05) is 0 Å². The van der Waals surface area contributed by atoms with Crippen molar-refractivity contribution in [1.82, 2.24) is 9.78 Å². The van der Waals surface area contributed by atoms with Gasteiger partial charge in [0.05, 0.1) is 11.8 Å². The fraction of sp³-hybridized carbons (Fsp3) is 0.308. The Labute approximate surface area is 95.3 Å². The van der Waals surface area contributed by atoms with Gasteiger partial charge in [-0.25, -0.2) is 0 Å². The molecular weight excluding hydrogens is 200 g/mol. The zero-order valence-corrected chi connectivity index (χ0v) is 9.59. The Bertz CT molecular complexity index is 476. The van der Waals surface area contributed by atoms with Crippen molar-refractivity contribution in [2.45, 2.75) is 19.4 Å². The van der Waals surface area contributed by atoms with E-state index in [0.29, 0.717) is 6.42 Å². The lowest BCUT2D eigenvalue weighted by Gasteiger charge is -2.11. The molecular formula is C13H16N2O. The van der Waals surface area contributed by atoms with E-state index in [1.54, 1.807) is 10.9 Å². The second kappa shape index (κ2) is 4.49. The molecule has 1 heterocycles. The standard InChI is InChI=1S/C13H16N2O/c1-10-4-3-5-11(8-10)9-13(16)12-6-7-14-15(12)2/h3-8,13,16H,9H2,1-2H3. The molecule has 0 fully saturated rings. The maximum absolute atomic E-state index is 10.1. The Kier molecular flexibility index (Phi) is 3.06. The molecule has 2 rings (SSSR count). The third-order valence-corrected chi connectivity index (χ3v) is 2.71. The minimum Gasteiger partial charge on any atom is -0.386 e. The van der Waals surface area contributed by atoms with Crippen LogP contribution in [0.3, 0.4) is 0 Å². The normalized spacial score (nSPS) is 12.7. The molecule has 1 aromatic heterocycles. The summed E-state index contributed by atoms with van der Waals surface area (Å²) < 4.78 is 1.71. The first-order valence-corrected chi connectivity index (χ1v) is 5.38. The molecule has 0 radical (unpaired) electrons. The zero-order chi connectivity index (χ0) is 11.5. The van der Waals surface area contributed by atoms with E-state index in [0.717, 1.165) is 11.3 Å². The quantitative estimate of drug-likeness (QED) is 0.852. The lowest BCUT2D eigenvalue weighted by atomic mass is 10.0. The Balaban J connectivity index is 2.14. The monoisotopic (exact) mass is 216 g/mol. The first-order valence-electron chi connectivity index (χ1n) is 5.38. The highest BCUT2D eigenvalue weighted by atomic mass is 16.3. The highest BCUT2D eigenvalue weighted by Gasteiger charge is 2.11. The minimum absolute atomic E-state index is 0.491. The number of aryl methyl sites for hydroxylation is 2. The smallest absolute Gasteiger partial charge is 0.0996 e. The number of rotatable bonds is 3. The fourth-order valence-electron chi connectivity index (χ4n) is 1.88. The molecule has 1 aromatic carbocycles. The van der Waals surface area contributed by atoms with E-state index in [-0.39, 0.29) is 0 Å².